The number of anilines is 1. The molecule has 0 radical (unpaired) electrons. The lowest BCUT2D eigenvalue weighted by molar-refractivity contribution is -0.126. The monoisotopic (exact) mass is 514 g/mol. The molecule has 2 aromatic rings. The fourth-order valence-electron chi connectivity index (χ4n) is 4.90. The molecule has 0 bridgehead atoms. The Morgan fingerprint density at radius 2 is 1.94 bits per heavy atom. The van der Waals surface area contributed by atoms with Gasteiger partial charge in [0.25, 0.3) is 11.8 Å². The van der Waals surface area contributed by atoms with Crippen molar-refractivity contribution in [3.05, 3.63) is 46.5 Å². The fraction of sp³-hybridized carbons (Fsp3) is 0.520. The van der Waals surface area contributed by atoms with Crippen LogP contribution in [-0.2, 0) is 16.1 Å². The summed E-state index contributed by atoms with van der Waals surface area (Å²) in [6, 6.07) is 9.36. The van der Waals surface area contributed by atoms with Gasteiger partial charge in [0.2, 0.25) is 5.91 Å². The average Bonchev–Trinajstić information content (AvgIpc) is 3.54. The van der Waals surface area contributed by atoms with Crippen LogP contribution in [0.4, 0.5) is 5.69 Å². The summed E-state index contributed by atoms with van der Waals surface area (Å²) in [5.74, 6) is -1.44. The molecule has 5 N–H and O–H groups in total. The topological polar surface area (TPSA) is 144 Å². The predicted octanol–water partition coefficient (Wildman–Crippen LogP) is 1.61. The first-order valence-corrected chi connectivity index (χ1v) is 13.2. The number of carbonyl (C=O) groups excluding carboxylic acids is 3. The van der Waals surface area contributed by atoms with Gasteiger partial charge in [0.1, 0.15) is 10.9 Å². The van der Waals surface area contributed by atoms with Crippen LogP contribution < -0.4 is 16.8 Å². The van der Waals surface area contributed by atoms with Crippen molar-refractivity contribution >= 4 is 34.9 Å². The molecule has 0 spiro atoms. The van der Waals surface area contributed by atoms with E-state index in [-0.39, 0.29) is 34.3 Å². The highest BCUT2D eigenvalue weighted by atomic mass is 32.1. The molecule has 2 saturated heterocycles. The lowest BCUT2D eigenvalue weighted by atomic mass is 9.99. The first kappa shape index (κ1) is 26.1. The maximum Gasteiger partial charge on any atom is 0.270 e. The van der Waals surface area contributed by atoms with Crippen LogP contribution in [0, 0.1) is 0 Å². The van der Waals surface area contributed by atoms with Gasteiger partial charge in [-0.2, -0.15) is 4.37 Å². The van der Waals surface area contributed by atoms with Gasteiger partial charge in [-0.15, -0.1) is 0 Å². The number of aromatic nitrogens is 1. The summed E-state index contributed by atoms with van der Waals surface area (Å²) in [5.41, 5.74) is 12.5. The molecule has 4 rings (SSSR count). The van der Waals surface area contributed by atoms with Gasteiger partial charge in [0.05, 0.1) is 11.8 Å². The maximum atomic E-state index is 13.7. The minimum absolute atomic E-state index is 0.00166. The number of primary amides is 1. The van der Waals surface area contributed by atoms with E-state index in [9.17, 15) is 14.4 Å². The smallest absolute Gasteiger partial charge is 0.270 e. The van der Waals surface area contributed by atoms with Crippen LogP contribution in [0.1, 0.15) is 58.3 Å². The average molecular weight is 515 g/mol. The van der Waals surface area contributed by atoms with Crippen molar-refractivity contribution in [3.8, 4) is 0 Å². The van der Waals surface area contributed by atoms with E-state index >= 15 is 0 Å². The molecule has 1 aromatic carbocycles. The molecule has 3 heterocycles. The van der Waals surface area contributed by atoms with Crippen LogP contribution in [0.15, 0.2) is 30.3 Å². The molecule has 11 heteroatoms. The highest BCUT2D eigenvalue weighted by molar-refractivity contribution is 7.09. The molecule has 36 heavy (non-hydrogen) atoms. The van der Waals surface area contributed by atoms with E-state index in [0.29, 0.717) is 26.0 Å². The van der Waals surface area contributed by atoms with Crippen molar-refractivity contribution in [1.82, 2.24) is 19.5 Å². The number of benzene rings is 1. The molecule has 194 valence electrons. The molecule has 1 aromatic heterocycles. The van der Waals surface area contributed by atoms with E-state index < -0.39 is 17.9 Å². The van der Waals surface area contributed by atoms with Crippen molar-refractivity contribution in [2.75, 3.05) is 32.0 Å². The second-order valence-electron chi connectivity index (χ2n) is 9.40. The van der Waals surface area contributed by atoms with Gasteiger partial charge < -0.3 is 26.4 Å². The third-order valence-corrected chi connectivity index (χ3v) is 7.77. The number of carbonyl (C=O) groups is 3. The van der Waals surface area contributed by atoms with E-state index in [4.69, 9.17) is 16.2 Å². The number of nitrogen functional groups attached to an aromatic ring is 1. The summed E-state index contributed by atoms with van der Waals surface area (Å²) in [4.78, 5) is 42.6. The molecule has 10 nitrogen and oxygen atoms in total. The minimum atomic E-state index is -0.786. The van der Waals surface area contributed by atoms with Gasteiger partial charge in [-0.1, -0.05) is 30.3 Å². The first-order chi connectivity index (χ1) is 17.3. The molecule has 2 unspecified atom stereocenters. The lowest BCUT2D eigenvalue weighted by Gasteiger charge is -2.41. The van der Waals surface area contributed by atoms with Gasteiger partial charge >= 0.3 is 0 Å². The standard InChI is InChI=1S/C25H34N6O4S/c1-16(24(33)28-14-19-8-5-13-35-19)31(25(34)22-20(26)21(23(27)32)29-36-22)18-9-11-30(12-10-18)15-17-6-3-2-4-7-17/h2-4,6-7,16,18-19H,5,8-15,26H2,1H3,(H2,27,32)(H,28,33). The zero-order valence-electron chi connectivity index (χ0n) is 20.5. The van der Waals surface area contributed by atoms with Crippen LogP contribution in [0.5, 0.6) is 0 Å². The first-order valence-electron chi connectivity index (χ1n) is 12.4. The second kappa shape index (κ2) is 11.8. The highest BCUT2D eigenvalue weighted by Gasteiger charge is 2.37. The predicted molar refractivity (Wildman–Crippen MR) is 137 cm³/mol. The van der Waals surface area contributed by atoms with Gasteiger partial charge in [0.15, 0.2) is 5.69 Å². The van der Waals surface area contributed by atoms with E-state index in [1.807, 2.05) is 18.2 Å². The third kappa shape index (κ3) is 6.03. The summed E-state index contributed by atoms with van der Waals surface area (Å²) in [6.45, 7) is 5.26. The van der Waals surface area contributed by atoms with Crippen LogP contribution >= 0.6 is 11.5 Å². The van der Waals surface area contributed by atoms with Crippen molar-refractivity contribution in [3.63, 3.8) is 0 Å². The minimum Gasteiger partial charge on any atom is -0.395 e. The Morgan fingerprint density at radius 3 is 2.56 bits per heavy atom. The largest absolute Gasteiger partial charge is 0.395 e. The summed E-state index contributed by atoms with van der Waals surface area (Å²) in [6.07, 6.45) is 3.31. The van der Waals surface area contributed by atoms with Crippen molar-refractivity contribution in [1.29, 1.82) is 0 Å². The molecule has 2 fully saturated rings. The number of hydrogen-bond acceptors (Lipinski definition) is 8. The number of nitrogens with one attached hydrogen (secondary N) is 1. The molecule has 2 atom stereocenters. The molecular formula is C25H34N6O4S. The van der Waals surface area contributed by atoms with E-state index in [0.717, 1.165) is 44.0 Å². The Kier molecular flexibility index (Phi) is 8.55. The Hall–Kier alpha value is -3.02. The van der Waals surface area contributed by atoms with E-state index in [1.165, 1.54) is 5.56 Å². The molecule has 3 amide bonds. The quantitative estimate of drug-likeness (QED) is 0.461. The van der Waals surface area contributed by atoms with Crippen LogP contribution in [-0.4, -0.2) is 76.3 Å². The summed E-state index contributed by atoms with van der Waals surface area (Å²) in [5, 5.41) is 2.94. The Balaban J connectivity index is 1.48. The number of piperidine rings is 1. The third-order valence-electron chi connectivity index (χ3n) is 6.91. The van der Waals surface area contributed by atoms with Crippen molar-refractivity contribution in [2.45, 2.75) is 57.3 Å². The zero-order valence-corrected chi connectivity index (χ0v) is 21.3. The number of amides is 3. The summed E-state index contributed by atoms with van der Waals surface area (Å²) >= 11 is 0.841. The molecular weight excluding hydrogens is 480 g/mol. The molecule has 0 saturated carbocycles. The number of rotatable bonds is 9. The molecule has 2 aliphatic heterocycles. The zero-order chi connectivity index (χ0) is 25.7. The Bertz CT molecular complexity index is 1060. The molecule has 0 aliphatic carbocycles. The SMILES string of the molecule is CC(C(=O)NCC1CCCO1)N(C(=O)c1snc(C(N)=O)c1N)C1CCN(Cc2ccccc2)CC1. The van der Waals surface area contributed by atoms with Crippen LogP contribution in [0.2, 0.25) is 0 Å². The van der Waals surface area contributed by atoms with Gasteiger partial charge in [-0.25, -0.2) is 0 Å². The fourth-order valence-corrected chi connectivity index (χ4v) is 5.64. The highest BCUT2D eigenvalue weighted by Crippen LogP contribution is 2.28. The van der Waals surface area contributed by atoms with E-state index in [2.05, 4.69) is 26.7 Å². The van der Waals surface area contributed by atoms with Gasteiger partial charge in [-0.05, 0) is 49.7 Å². The summed E-state index contributed by atoms with van der Waals surface area (Å²) < 4.78 is 9.60. The van der Waals surface area contributed by atoms with Crippen LogP contribution in [0.3, 0.4) is 0 Å². The maximum absolute atomic E-state index is 13.7. The number of ether oxygens (including phenoxy) is 1. The van der Waals surface area contributed by atoms with E-state index in [1.54, 1.807) is 11.8 Å². The Morgan fingerprint density at radius 1 is 1.22 bits per heavy atom. The number of nitrogens with zero attached hydrogens (tertiary/aromatic N) is 3. The normalized spacial score (nSPS) is 19.6. The van der Waals surface area contributed by atoms with Crippen molar-refractivity contribution in [2.24, 2.45) is 5.73 Å². The Labute approximate surface area is 215 Å². The van der Waals surface area contributed by atoms with Gasteiger partial charge in [-0.3, -0.25) is 19.3 Å². The summed E-state index contributed by atoms with van der Waals surface area (Å²) in [7, 11) is 0. The van der Waals surface area contributed by atoms with Crippen molar-refractivity contribution < 1.29 is 19.1 Å². The number of nitrogens with two attached hydrogens (primary N) is 2. The van der Waals surface area contributed by atoms with Gasteiger partial charge in [0, 0.05) is 38.8 Å². The lowest BCUT2D eigenvalue weighted by Crippen LogP contribution is -2.55. The number of hydrogen-bond donors (Lipinski definition) is 3. The molecule has 2 aliphatic rings. The second-order valence-corrected chi connectivity index (χ2v) is 10.2. The number of likely N-dealkylation sites (tertiary alicyclic amines) is 1. The van der Waals surface area contributed by atoms with Crippen LogP contribution in [0.25, 0.3) is 0 Å².